The second-order valence-corrected chi connectivity index (χ2v) is 4.42. The first-order valence-electron chi connectivity index (χ1n) is 6.62. The third kappa shape index (κ3) is 12.1. The van der Waals surface area contributed by atoms with Crippen LogP contribution in [-0.2, 0) is 14.2 Å². The van der Waals surface area contributed by atoms with E-state index in [1.54, 1.807) is 7.11 Å². The molecule has 0 aromatic heterocycles. The largest absolute Gasteiger partial charge is 0.385 e. The molecule has 0 amide bonds. The molecule has 0 aliphatic heterocycles. The lowest BCUT2D eigenvalue weighted by atomic mass is 10.2. The fourth-order valence-electron chi connectivity index (χ4n) is 1.37. The van der Waals surface area contributed by atoms with Crippen molar-refractivity contribution >= 4 is 0 Å². The van der Waals surface area contributed by atoms with E-state index in [1.165, 1.54) is 0 Å². The Balaban J connectivity index is 3.31. The topological polar surface area (TPSA) is 39.7 Å². The highest BCUT2D eigenvalue weighted by molar-refractivity contribution is 4.62. The van der Waals surface area contributed by atoms with Crippen LogP contribution in [0.25, 0.3) is 0 Å². The Hall–Kier alpha value is -0.160. The van der Waals surface area contributed by atoms with Gasteiger partial charge in [-0.1, -0.05) is 20.8 Å². The molecule has 1 unspecified atom stereocenters. The minimum atomic E-state index is 0.292. The summed E-state index contributed by atoms with van der Waals surface area (Å²) in [5.74, 6) is 0. The molecule has 0 rings (SSSR count). The van der Waals surface area contributed by atoms with Gasteiger partial charge in [-0.25, -0.2) is 0 Å². The SMILES string of the molecule is CCC(CNC(C)C)OCCOCCCOC. The third-order valence-corrected chi connectivity index (χ3v) is 2.43. The van der Waals surface area contributed by atoms with Gasteiger partial charge in [-0.05, 0) is 12.8 Å². The van der Waals surface area contributed by atoms with Crippen LogP contribution in [0.4, 0.5) is 0 Å². The predicted molar refractivity (Wildman–Crippen MR) is 70.5 cm³/mol. The first kappa shape index (κ1) is 16.8. The van der Waals surface area contributed by atoms with E-state index in [2.05, 4.69) is 26.1 Å². The molecule has 4 heteroatoms. The van der Waals surface area contributed by atoms with Crippen LogP contribution in [0.3, 0.4) is 0 Å². The normalized spacial score (nSPS) is 13.2. The van der Waals surface area contributed by atoms with Crippen molar-refractivity contribution in [3.05, 3.63) is 0 Å². The molecule has 0 bridgehead atoms. The van der Waals surface area contributed by atoms with E-state index in [0.717, 1.165) is 32.6 Å². The average Bonchev–Trinajstić information content (AvgIpc) is 2.31. The maximum absolute atomic E-state index is 5.73. The van der Waals surface area contributed by atoms with Crippen LogP contribution in [-0.4, -0.2) is 52.2 Å². The Kier molecular flexibility index (Phi) is 12.2. The van der Waals surface area contributed by atoms with E-state index in [-0.39, 0.29) is 0 Å². The summed E-state index contributed by atoms with van der Waals surface area (Å²) in [6, 6.07) is 0.512. The van der Waals surface area contributed by atoms with E-state index in [0.29, 0.717) is 25.4 Å². The molecule has 1 N–H and O–H groups in total. The summed E-state index contributed by atoms with van der Waals surface area (Å²) in [4.78, 5) is 0. The second-order valence-electron chi connectivity index (χ2n) is 4.42. The highest BCUT2D eigenvalue weighted by atomic mass is 16.5. The zero-order valence-corrected chi connectivity index (χ0v) is 11.8. The molecule has 0 aliphatic rings. The molecule has 0 spiro atoms. The standard InChI is InChI=1S/C13H29NO3/c1-5-13(11-14-12(2)3)17-10-9-16-8-6-7-15-4/h12-14H,5-11H2,1-4H3. The summed E-state index contributed by atoms with van der Waals surface area (Å²) >= 11 is 0. The van der Waals surface area contributed by atoms with Gasteiger partial charge in [-0.2, -0.15) is 0 Å². The molecule has 0 saturated carbocycles. The van der Waals surface area contributed by atoms with Gasteiger partial charge in [0.2, 0.25) is 0 Å². The Labute approximate surface area is 106 Å². The second kappa shape index (κ2) is 12.3. The summed E-state index contributed by atoms with van der Waals surface area (Å²) in [5, 5.41) is 3.38. The van der Waals surface area contributed by atoms with Crippen molar-refractivity contribution in [1.29, 1.82) is 0 Å². The fourth-order valence-corrected chi connectivity index (χ4v) is 1.37. The number of hydrogen-bond acceptors (Lipinski definition) is 4. The Morgan fingerprint density at radius 2 is 1.82 bits per heavy atom. The summed E-state index contributed by atoms with van der Waals surface area (Å²) < 4.78 is 16.1. The van der Waals surface area contributed by atoms with Gasteiger partial charge in [-0.15, -0.1) is 0 Å². The van der Waals surface area contributed by atoms with Gasteiger partial charge < -0.3 is 19.5 Å². The molecule has 4 nitrogen and oxygen atoms in total. The van der Waals surface area contributed by atoms with Gasteiger partial charge >= 0.3 is 0 Å². The van der Waals surface area contributed by atoms with Gasteiger partial charge in [0.05, 0.1) is 19.3 Å². The number of rotatable bonds is 12. The van der Waals surface area contributed by atoms with Crippen LogP contribution in [0.5, 0.6) is 0 Å². The fraction of sp³-hybridized carbons (Fsp3) is 1.00. The highest BCUT2D eigenvalue weighted by Crippen LogP contribution is 1.97. The number of hydrogen-bond donors (Lipinski definition) is 1. The van der Waals surface area contributed by atoms with Crippen molar-refractivity contribution < 1.29 is 14.2 Å². The number of nitrogens with one attached hydrogen (secondary N) is 1. The predicted octanol–water partition coefficient (Wildman–Crippen LogP) is 1.83. The first-order valence-corrected chi connectivity index (χ1v) is 6.62. The van der Waals surface area contributed by atoms with Crippen molar-refractivity contribution in [1.82, 2.24) is 5.32 Å². The zero-order chi connectivity index (χ0) is 12.9. The van der Waals surface area contributed by atoms with Gasteiger partial charge in [0.15, 0.2) is 0 Å². The minimum absolute atomic E-state index is 0.292. The van der Waals surface area contributed by atoms with Crippen LogP contribution >= 0.6 is 0 Å². The summed E-state index contributed by atoms with van der Waals surface area (Å²) in [6.07, 6.45) is 2.27. The van der Waals surface area contributed by atoms with E-state index >= 15 is 0 Å². The minimum Gasteiger partial charge on any atom is -0.385 e. The molecule has 0 heterocycles. The van der Waals surface area contributed by atoms with Crippen molar-refractivity contribution in [2.45, 2.75) is 45.8 Å². The van der Waals surface area contributed by atoms with Gasteiger partial charge in [-0.3, -0.25) is 0 Å². The smallest absolute Gasteiger partial charge is 0.0704 e. The monoisotopic (exact) mass is 247 g/mol. The quantitative estimate of drug-likeness (QED) is 0.534. The molecule has 17 heavy (non-hydrogen) atoms. The molecular formula is C13H29NO3. The van der Waals surface area contributed by atoms with Gasteiger partial charge in [0.25, 0.3) is 0 Å². The molecule has 0 aromatic carbocycles. The summed E-state index contributed by atoms with van der Waals surface area (Å²) in [7, 11) is 1.71. The van der Waals surface area contributed by atoms with E-state index in [9.17, 15) is 0 Å². The zero-order valence-electron chi connectivity index (χ0n) is 11.8. The van der Waals surface area contributed by atoms with Crippen LogP contribution < -0.4 is 5.32 Å². The third-order valence-electron chi connectivity index (χ3n) is 2.43. The molecule has 104 valence electrons. The average molecular weight is 247 g/mol. The molecule has 0 saturated heterocycles. The maximum Gasteiger partial charge on any atom is 0.0704 e. The lowest BCUT2D eigenvalue weighted by Gasteiger charge is -2.18. The van der Waals surface area contributed by atoms with Crippen LogP contribution in [0.2, 0.25) is 0 Å². The van der Waals surface area contributed by atoms with Crippen molar-refractivity contribution in [2.75, 3.05) is 40.1 Å². The molecule has 0 radical (unpaired) electrons. The lowest BCUT2D eigenvalue weighted by Crippen LogP contribution is -2.33. The van der Waals surface area contributed by atoms with Crippen molar-refractivity contribution in [3.63, 3.8) is 0 Å². The number of methoxy groups -OCH3 is 1. The highest BCUT2D eigenvalue weighted by Gasteiger charge is 2.06. The van der Waals surface area contributed by atoms with Gasteiger partial charge in [0.1, 0.15) is 0 Å². The van der Waals surface area contributed by atoms with Crippen LogP contribution in [0, 0.1) is 0 Å². The Bertz CT molecular complexity index is 154. The lowest BCUT2D eigenvalue weighted by molar-refractivity contribution is -0.0000540. The summed E-state index contributed by atoms with van der Waals surface area (Å²) in [6.45, 7) is 10.2. The summed E-state index contributed by atoms with van der Waals surface area (Å²) in [5.41, 5.74) is 0. The maximum atomic E-state index is 5.73. The molecule has 1 atom stereocenters. The Morgan fingerprint density at radius 1 is 1.06 bits per heavy atom. The molecule has 0 aliphatic carbocycles. The van der Waals surface area contributed by atoms with Gasteiger partial charge in [0, 0.05) is 32.9 Å². The van der Waals surface area contributed by atoms with Crippen molar-refractivity contribution in [2.24, 2.45) is 0 Å². The van der Waals surface area contributed by atoms with Crippen molar-refractivity contribution in [3.8, 4) is 0 Å². The van der Waals surface area contributed by atoms with E-state index in [1.807, 2.05) is 0 Å². The Morgan fingerprint density at radius 3 is 2.41 bits per heavy atom. The molecule has 0 fully saturated rings. The molecule has 0 aromatic rings. The van der Waals surface area contributed by atoms with Crippen LogP contribution in [0.1, 0.15) is 33.6 Å². The number of ether oxygens (including phenoxy) is 3. The van der Waals surface area contributed by atoms with Crippen LogP contribution in [0.15, 0.2) is 0 Å². The molecular weight excluding hydrogens is 218 g/mol. The van der Waals surface area contributed by atoms with E-state index < -0.39 is 0 Å². The van der Waals surface area contributed by atoms with E-state index in [4.69, 9.17) is 14.2 Å². The first-order chi connectivity index (χ1) is 8.20.